The molecule has 14 heavy (non-hydrogen) atoms. The fourth-order valence-electron chi connectivity index (χ4n) is 1.87. The maximum atomic E-state index is 11.7. The van der Waals surface area contributed by atoms with Gasteiger partial charge in [-0.15, -0.1) is 0 Å². The minimum Gasteiger partial charge on any atom is -0.465 e. The predicted molar refractivity (Wildman–Crippen MR) is 51.4 cm³/mol. The molecule has 0 aromatic heterocycles. The van der Waals surface area contributed by atoms with Crippen molar-refractivity contribution >= 4 is 5.97 Å². The summed E-state index contributed by atoms with van der Waals surface area (Å²) in [6.07, 6.45) is 0.738. The quantitative estimate of drug-likeness (QED) is 0.612. The molecule has 1 saturated heterocycles. The lowest BCUT2D eigenvalue weighted by molar-refractivity contribution is -0.155. The molecule has 0 unspecified atom stereocenters. The van der Waals surface area contributed by atoms with Crippen molar-refractivity contribution in [1.29, 1.82) is 5.26 Å². The molecule has 0 aromatic rings. The van der Waals surface area contributed by atoms with Crippen LogP contribution in [0.2, 0.25) is 0 Å². The zero-order valence-electron chi connectivity index (χ0n) is 8.91. The van der Waals surface area contributed by atoms with Crippen LogP contribution in [0.15, 0.2) is 0 Å². The maximum Gasteiger partial charge on any atom is 0.327 e. The van der Waals surface area contributed by atoms with Crippen molar-refractivity contribution in [2.45, 2.75) is 25.8 Å². The molecule has 1 fully saturated rings. The summed E-state index contributed by atoms with van der Waals surface area (Å²) in [5.41, 5.74) is -0.759. The van der Waals surface area contributed by atoms with E-state index in [1.165, 1.54) is 0 Å². The summed E-state index contributed by atoms with van der Waals surface area (Å²) in [5.74, 6) is -0.543. The van der Waals surface area contributed by atoms with Gasteiger partial charge in [0.15, 0.2) is 0 Å². The van der Waals surface area contributed by atoms with Crippen LogP contribution >= 0.6 is 0 Å². The normalized spacial score (nSPS) is 32.6. The molecule has 0 aromatic carbocycles. The fraction of sp³-hybridized carbons (Fsp3) is 0.800. The van der Waals surface area contributed by atoms with E-state index < -0.39 is 5.54 Å². The molecule has 78 valence electrons. The van der Waals surface area contributed by atoms with E-state index in [2.05, 4.69) is 6.07 Å². The van der Waals surface area contributed by atoms with E-state index in [-0.39, 0.29) is 11.9 Å². The van der Waals surface area contributed by atoms with Crippen molar-refractivity contribution < 1.29 is 9.53 Å². The van der Waals surface area contributed by atoms with Crippen LogP contribution in [0.3, 0.4) is 0 Å². The first-order valence-corrected chi connectivity index (χ1v) is 4.85. The van der Waals surface area contributed by atoms with Crippen LogP contribution in [0.4, 0.5) is 0 Å². The van der Waals surface area contributed by atoms with Crippen LogP contribution < -0.4 is 0 Å². The molecule has 0 N–H and O–H groups in total. The molecule has 1 heterocycles. The van der Waals surface area contributed by atoms with Crippen molar-refractivity contribution in [2.75, 3.05) is 20.2 Å². The Kier molecular flexibility index (Phi) is 3.12. The van der Waals surface area contributed by atoms with E-state index >= 15 is 0 Å². The largest absolute Gasteiger partial charge is 0.465 e. The minimum atomic E-state index is -0.759. The first-order chi connectivity index (χ1) is 6.57. The van der Waals surface area contributed by atoms with Crippen LogP contribution in [-0.2, 0) is 9.53 Å². The van der Waals surface area contributed by atoms with Crippen molar-refractivity contribution in [3.63, 3.8) is 0 Å². The van der Waals surface area contributed by atoms with Crippen molar-refractivity contribution in [1.82, 2.24) is 4.90 Å². The second-order valence-electron chi connectivity index (χ2n) is 3.76. The summed E-state index contributed by atoms with van der Waals surface area (Å²) >= 11 is 0. The number of ether oxygens (including phenoxy) is 1. The third kappa shape index (κ3) is 1.48. The number of hydrogen-bond acceptors (Lipinski definition) is 4. The van der Waals surface area contributed by atoms with Crippen molar-refractivity contribution in [3.05, 3.63) is 0 Å². The number of nitrogens with zero attached hydrogens (tertiary/aromatic N) is 2. The van der Waals surface area contributed by atoms with Gasteiger partial charge < -0.3 is 4.74 Å². The van der Waals surface area contributed by atoms with Gasteiger partial charge in [-0.3, -0.25) is 9.69 Å². The zero-order chi connectivity index (χ0) is 10.8. The van der Waals surface area contributed by atoms with Gasteiger partial charge in [0.25, 0.3) is 0 Å². The standard InChI is InChI=1S/C10H16N2O2/c1-4-14-9(13)10(2)8(7-11)5-6-12(10)3/h8H,4-6H2,1-3H3/t8-,10-/m1/s1. The van der Waals surface area contributed by atoms with E-state index in [1.807, 2.05) is 11.9 Å². The topological polar surface area (TPSA) is 53.3 Å². The summed E-state index contributed by atoms with van der Waals surface area (Å²) in [7, 11) is 1.86. The molecule has 0 radical (unpaired) electrons. The predicted octanol–water partition coefficient (Wildman–Crippen LogP) is 0.783. The molecule has 1 aliphatic rings. The average molecular weight is 196 g/mol. The summed E-state index contributed by atoms with van der Waals surface area (Å²) in [6.45, 7) is 4.69. The Morgan fingerprint density at radius 2 is 2.43 bits per heavy atom. The Labute approximate surface area is 84.4 Å². The number of likely N-dealkylation sites (N-methyl/N-ethyl adjacent to an activating group) is 1. The van der Waals surface area contributed by atoms with E-state index in [1.54, 1.807) is 13.8 Å². The SMILES string of the molecule is CCOC(=O)[C@@]1(C)[C@@H](C#N)CCN1C. The fourth-order valence-corrected chi connectivity index (χ4v) is 1.87. The highest BCUT2D eigenvalue weighted by molar-refractivity contribution is 5.81. The molecule has 0 spiro atoms. The Morgan fingerprint density at radius 1 is 1.79 bits per heavy atom. The van der Waals surface area contributed by atoms with Gasteiger partial charge in [0, 0.05) is 6.54 Å². The molecule has 4 heteroatoms. The maximum absolute atomic E-state index is 11.7. The number of carbonyl (C=O) groups is 1. The molecule has 1 aliphatic heterocycles. The smallest absolute Gasteiger partial charge is 0.327 e. The van der Waals surface area contributed by atoms with Gasteiger partial charge in [0.2, 0.25) is 0 Å². The Balaban J connectivity index is 2.88. The molecular formula is C10H16N2O2. The number of hydrogen-bond donors (Lipinski definition) is 0. The second-order valence-corrected chi connectivity index (χ2v) is 3.76. The third-order valence-corrected chi connectivity index (χ3v) is 3.07. The molecule has 1 rings (SSSR count). The number of rotatable bonds is 2. The zero-order valence-corrected chi connectivity index (χ0v) is 8.91. The Bertz CT molecular complexity index is 272. The minimum absolute atomic E-state index is 0.258. The summed E-state index contributed by atoms with van der Waals surface area (Å²) in [5, 5.41) is 8.95. The Hall–Kier alpha value is -1.08. The van der Waals surface area contributed by atoms with Gasteiger partial charge >= 0.3 is 5.97 Å². The first-order valence-electron chi connectivity index (χ1n) is 4.85. The molecule has 0 bridgehead atoms. The van der Waals surface area contributed by atoms with Gasteiger partial charge in [-0.1, -0.05) is 0 Å². The molecular weight excluding hydrogens is 180 g/mol. The Morgan fingerprint density at radius 3 is 2.93 bits per heavy atom. The summed E-state index contributed by atoms with van der Waals surface area (Å²) in [4.78, 5) is 13.6. The van der Waals surface area contributed by atoms with Gasteiger partial charge in [0.05, 0.1) is 18.6 Å². The van der Waals surface area contributed by atoms with Gasteiger partial charge in [-0.05, 0) is 27.3 Å². The van der Waals surface area contributed by atoms with E-state index in [9.17, 15) is 4.79 Å². The molecule has 0 saturated carbocycles. The van der Waals surface area contributed by atoms with E-state index in [0.29, 0.717) is 6.61 Å². The lowest BCUT2D eigenvalue weighted by Gasteiger charge is -2.31. The van der Waals surface area contributed by atoms with Gasteiger partial charge in [-0.25, -0.2) is 0 Å². The van der Waals surface area contributed by atoms with Crippen LogP contribution in [0.25, 0.3) is 0 Å². The lowest BCUT2D eigenvalue weighted by Crippen LogP contribution is -2.50. The monoisotopic (exact) mass is 196 g/mol. The molecule has 0 amide bonds. The second kappa shape index (κ2) is 3.97. The molecule has 4 nitrogen and oxygen atoms in total. The summed E-state index contributed by atoms with van der Waals surface area (Å²) in [6, 6.07) is 2.18. The number of likely N-dealkylation sites (tertiary alicyclic amines) is 1. The highest BCUT2D eigenvalue weighted by atomic mass is 16.5. The number of esters is 1. The van der Waals surface area contributed by atoms with Crippen molar-refractivity contribution in [3.8, 4) is 6.07 Å². The molecule has 0 aliphatic carbocycles. The van der Waals surface area contributed by atoms with Crippen LogP contribution in [-0.4, -0.2) is 36.6 Å². The van der Waals surface area contributed by atoms with Gasteiger partial charge in [0.1, 0.15) is 5.54 Å². The highest BCUT2D eigenvalue weighted by Crippen LogP contribution is 2.34. The van der Waals surface area contributed by atoms with Crippen LogP contribution in [0.1, 0.15) is 20.3 Å². The van der Waals surface area contributed by atoms with Crippen LogP contribution in [0.5, 0.6) is 0 Å². The van der Waals surface area contributed by atoms with Crippen molar-refractivity contribution in [2.24, 2.45) is 5.92 Å². The van der Waals surface area contributed by atoms with E-state index in [0.717, 1.165) is 13.0 Å². The first kappa shape index (κ1) is 11.0. The highest BCUT2D eigenvalue weighted by Gasteiger charge is 2.50. The van der Waals surface area contributed by atoms with Crippen LogP contribution in [0, 0.1) is 17.2 Å². The lowest BCUT2D eigenvalue weighted by atomic mass is 9.88. The third-order valence-electron chi connectivity index (χ3n) is 3.07. The summed E-state index contributed by atoms with van der Waals surface area (Å²) < 4.78 is 5.00. The number of nitriles is 1. The van der Waals surface area contributed by atoms with E-state index in [4.69, 9.17) is 10.00 Å². The molecule has 2 atom stereocenters. The van der Waals surface area contributed by atoms with Gasteiger partial charge in [-0.2, -0.15) is 5.26 Å². The average Bonchev–Trinajstić information content (AvgIpc) is 2.45. The number of carbonyl (C=O) groups excluding carboxylic acids is 1.